The lowest BCUT2D eigenvalue weighted by atomic mass is 9.93. The Bertz CT molecular complexity index is 1170. The van der Waals surface area contributed by atoms with E-state index in [1.54, 1.807) is 18.4 Å². The molecule has 1 aliphatic rings. The highest BCUT2D eigenvalue weighted by molar-refractivity contribution is 5.95. The minimum Gasteiger partial charge on any atom is -0.467 e. The smallest absolute Gasteiger partial charge is 0.272 e. The zero-order chi connectivity index (χ0) is 21.2. The van der Waals surface area contributed by atoms with Gasteiger partial charge < -0.3 is 19.0 Å². The molecule has 0 spiro atoms. The normalized spacial score (nSPS) is 14.8. The molecule has 0 radical (unpaired) electrons. The number of hydrogen-bond donors (Lipinski definition) is 2. The number of nitrogens with one attached hydrogen (secondary N) is 2. The van der Waals surface area contributed by atoms with Crippen molar-refractivity contribution >= 4 is 17.3 Å². The van der Waals surface area contributed by atoms with E-state index in [0.29, 0.717) is 36.7 Å². The molecule has 158 valence electrons. The molecule has 4 aromatic heterocycles. The van der Waals surface area contributed by atoms with E-state index >= 15 is 0 Å². The van der Waals surface area contributed by atoms with Gasteiger partial charge in [-0.2, -0.15) is 5.10 Å². The van der Waals surface area contributed by atoms with Gasteiger partial charge in [-0.05, 0) is 49.2 Å². The first-order valence-electron chi connectivity index (χ1n) is 10.4. The molecule has 0 saturated carbocycles. The quantitative estimate of drug-likeness (QED) is 0.521. The summed E-state index contributed by atoms with van der Waals surface area (Å²) in [5.74, 6) is 0.755. The number of hydrogen-bond acceptors (Lipinski definition) is 4. The third kappa shape index (κ3) is 3.96. The van der Waals surface area contributed by atoms with Crippen LogP contribution in [0, 0.1) is 0 Å². The van der Waals surface area contributed by atoms with Gasteiger partial charge >= 0.3 is 0 Å². The van der Waals surface area contributed by atoms with Crippen molar-refractivity contribution in [1.82, 2.24) is 24.8 Å². The lowest BCUT2D eigenvalue weighted by Crippen LogP contribution is -2.37. The lowest BCUT2D eigenvalue weighted by molar-refractivity contribution is 0.0712. The molecule has 0 bridgehead atoms. The van der Waals surface area contributed by atoms with Crippen LogP contribution >= 0.6 is 0 Å². The molecular formula is C23H23N5O3. The van der Waals surface area contributed by atoms with Crippen LogP contribution in [0.5, 0.6) is 0 Å². The summed E-state index contributed by atoms with van der Waals surface area (Å²) < 4.78 is 7.18. The summed E-state index contributed by atoms with van der Waals surface area (Å²) in [5, 5.41) is 9.97. The maximum absolute atomic E-state index is 12.9. The van der Waals surface area contributed by atoms with Crippen molar-refractivity contribution in [3.63, 3.8) is 0 Å². The van der Waals surface area contributed by atoms with Gasteiger partial charge in [-0.25, -0.2) is 0 Å². The van der Waals surface area contributed by atoms with Gasteiger partial charge in [-0.3, -0.25) is 14.7 Å². The second-order valence-electron chi connectivity index (χ2n) is 7.80. The Morgan fingerprint density at radius 2 is 2.03 bits per heavy atom. The minimum absolute atomic E-state index is 0.0600. The number of likely N-dealkylation sites (tertiary alicyclic amines) is 1. The van der Waals surface area contributed by atoms with Gasteiger partial charge in [-0.15, -0.1) is 0 Å². The van der Waals surface area contributed by atoms with Crippen LogP contribution < -0.4 is 5.32 Å². The van der Waals surface area contributed by atoms with Gasteiger partial charge in [0.1, 0.15) is 11.5 Å². The van der Waals surface area contributed by atoms with Crippen molar-refractivity contribution in [3.05, 3.63) is 83.8 Å². The molecule has 2 amide bonds. The van der Waals surface area contributed by atoms with Crippen LogP contribution in [-0.2, 0) is 6.54 Å². The Balaban J connectivity index is 1.18. The van der Waals surface area contributed by atoms with Crippen molar-refractivity contribution in [1.29, 1.82) is 0 Å². The summed E-state index contributed by atoms with van der Waals surface area (Å²) in [6.45, 7) is 1.67. The van der Waals surface area contributed by atoms with E-state index in [9.17, 15) is 9.59 Å². The van der Waals surface area contributed by atoms with E-state index in [1.807, 2.05) is 52.0 Å². The number of carbonyl (C=O) groups is 2. The number of amides is 2. The van der Waals surface area contributed by atoms with E-state index < -0.39 is 0 Å². The predicted octanol–water partition coefficient (Wildman–Crippen LogP) is 3.21. The second kappa shape index (κ2) is 8.14. The number of nitrogens with zero attached hydrogens (tertiary/aromatic N) is 3. The zero-order valence-electron chi connectivity index (χ0n) is 17.0. The highest BCUT2D eigenvalue weighted by Gasteiger charge is 2.27. The van der Waals surface area contributed by atoms with Crippen LogP contribution in [0.25, 0.3) is 5.52 Å². The topological polar surface area (TPSA) is 95.6 Å². The maximum Gasteiger partial charge on any atom is 0.272 e. The summed E-state index contributed by atoms with van der Waals surface area (Å²) in [6.07, 6.45) is 7.05. The van der Waals surface area contributed by atoms with Crippen LogP contribution in [0.3, 0.4) is 0 Å². The summed E-state index contributed by atoms with van der Waals surface area (Å²) >= 11 is 0. The molecule has 5 rings (SSSR count). The van der Waals surface area contributed by atoms with Crippen molar-refractivity contribution < 1.29 is 14.0 Å². The first-order chi connectivity index (χ1) is 15.2. The largest absolute Gasteiger partial charge is 0.467 e. The number of H-pyrrole nitrogens is 1. The molecule has 1 saturated heterocycles. The van der Waals surface area contributed by atoms with Crippen molar-refractivity contribution in [2.24, 2.45) is 0 Å². The molecule has 0 atom stereocenters. The second-order valence-corrected chi connectivity index (χ2v) is 7.80. The fraction of sp³-hybridized carbons (Fsp3) is 0.261. The Morgan fingerprint density at radius 3 is 2.81 bits per heavy atom. The van der Waals surface area contributed by atoms with E-state index in [-0.39, 0.29) is 17.7 Å². The fourth-order valence-electron chi connectivity index (χ4n) is 4.08. The Morgan fingerprint density at radius 1 is 1.16 bits per heavy atom. The average Bonchev–Trinajstić information content (AvgIpc) is 3.57. The third-order valence-electron chi connectivity index (χ3n) is 5.81. The number of aromatic amines is 1. The zero-order valence-corrected chi connectivity index (χ0v) is 17.0. The maximum atomic E-state index is 12.9. The number of pyridine rings is 1. The van der Waals surface area contributed by atoms with Crippen LogP contribution in [0.15, 0.2) is 65.5 Å². The van der Waals surface area contributed by atoms with E-state index in [0.717, 1.165) is 24.1 Å². The molecule has 2 N–H and O–H groups in total. The summed E-state index contributed by atoms with van der Waals surface area (Å²) in [5.41, 5.74) is 3.02. The molecule has 0 unspecified atom stereocenters. The number of carbonyl (C=O) groups excluding carboxylic acids is 2. The van der Waals surface area contributed by atoms with Gasteiger partial charge in [0, 0.05) is 42.6 Å². The molecule has 8 nitrogen and oxygen atoms in total. The van der Waals surface area contributed by atoms with Gasteiger partial charge in [0.15, 0.2) is 0 Å². The van der Waals surface area contributed by atoms with Crippen molar-refractivity contribution in [2.75, 3.05) is 13.1 Å². The molecule has 8 heteroatoms. The molecule has 4 aromatic rings. The number of aromatic nitrogens is 3. The van der Waals surface area contributed by atoms with E-state index in [2.05, 4.69) is 15.5 Å². The van der Waals surface area contributed by atoms with Gasteiger partial charge in [0.25, 0.3) is 11.8 Å². The van der Waals surface area contributed by atoms with Gasteiger partial charge in [0.05, 0.1) is 18.4 Å². The van der Waals surface area contributed by atoms with Crippen molar-refractivity contribution in [3.8, 4) is 0 Å². The minimum atomic E-state index is -0.243. The van der Waals surface area contributed by atoms with Crippen molar-refractivity contribution in [2.45, 2.75) is 25.3 Å². The molecule has 1 aliphatic heterocycles. The first-order valence-corrected chi connectivity index (χ1v) is 10.4. The molecule has 0 aromatic carbocycles. The number of fused-ring (bicyclic) bond motifs is 1. The molecule has 0 aliphatic carbocycles. The van der Waals surface area contributed by atoms with Crippen LogP contribution in [-0.4, -0.2) is 44.4 Å². The Kier molecular flexibility index (Phi) is 5.03. The monoisotopic (exact) mass is 417 g/mol. The van der Waals surface area contributed by atoms with Crippen LogP contribution in [0.2, 0.25) is 0 Å². The number of piperidine rings is 1. The third-order valence-corrected chi connectivity index (χ3v) is 5.81. The van der Waals surface area contributed by atoms with E-state index in [1.165, 1.54) is 0 Å². The van der Waals surface area contributed by atoms with Gasteiger partial charge in [-0.1, -0.05) is 6.07 Å². The fourth-order valence-corrected chi connectivity index (χ4v) is 4.08. The van der Waals surface area contributed by atoms with Crippen LogP contribution in [0.4, 0.5) is 0 Å². The highest BCUT2D eigenvalue weighted by atomic mass is 16.3. The Hall–Kier alpha value is -3.81. The SMILES string of the molecule is O=C(NCc1ccco1)c1cc(C2CCN(C(=O)c3cc4ccccn4c3)CC2)[nH]n1. The summed E-state index contributed by atoms with van der Waals surface area (Å²) in [7, 11) is 0. The lowest BCUT2D eigenvalue weighted by Gasteiger charge is -2.31. The predicted molar refractivity (Wildman–Crippen MR) is 114 cm³/mol. The van der Waals surface area contributed by atoms with Crippen LogP contribution in [0.1, 0.15) is 51.1 Å². The highest BCUT2D eigenvalue weighted by Crippen LogP contribution is 2.28. The molecule has 31 heavy (non-hydrogen) atoms. The molecule has 1 fully saturated rings. The average molecular weight is 417 g/mol. The number of rotatable bonds is 5. The Labute approximate surface area is 178 Å². The van der Waals surface area contributed by atoms with Gasteiger partial charge in [0.2, 0.25) is 0 Å². The summed E-state index contributed by atoms with van der Waals surface area (Å²) in [4.78, 5) is 27.1. The molecular weight excluding hydrogens is 394 g/mol. The molecule has 5 heterocycles. The summed E-state index contributed by atoms with van der Waals surface area (Å²) in [6, 6.07) is 13.2. The number of furan rings is 1. The first kappa shape index (κ1) is 19.2. The standard InChI is InChI=1S/C23H23N5O3/c29-22(24-14-19-5-3-11-31-19)21-13-20(25-26-21)16-6-9-27(10-7-16)23(30)17-12-18-4-1-2-8-28(18)15-17/h1-5,8,11-13,15-16H,6-7,9-10,14H2,(H,24,29)(H,25,26). The van der Waals surface area contributed by atoms with E-state index in [4.69, 9.17) is 4.42 Å².